The second-order valence-electron chi connectivity index (χ2n) is 4.70. The van der Waals surface area contributed by atoms with E-state index >= 15 is 0 Å². The molecular formula is C13H23N5O3. The molecule has 0 aliphatic carbocycles. The van der Waals surface area contributed by atoms with Crippen LogP contribution in [-0.2, 0) is 4.74 Å². The summed E-state index contributed by atoms with van der Waals surface area (Å²) in [6.45, 7) is 6.68. The zero-order valence-corrected chi connectivity index (χ0v) is 13.0. The van der Waals surface area contributed by atoms with Crippen molar-refractivity contribution in [2.75, 3.05) is 30.9 Å². The smallest absolute Gasteiger partial charge is 0.332 e. The first kappa shape index (κ1) is 17.1. The van der Waals surface area contributed by atoms with Crippen molar-refractivity contribution >= 4 is 17.5 Å². The van der Waals surface area contributed by atoms with Crippen LogP contribution in [0.2, 0.25) is 0 Å². The summed E-state index contributed by atoms with van der Waals surface area (Å²) < 4.78 is 5.15. The van der Waals surface area contributed by atoms with E-state index in [0.717, 1.165) is 12.8 Å². The normalized spacial score (nSPS) is 12.0. The Morgan fingerprint density at radius 3 is 2.62 bits per heavy atom. The number of hydrogen-bond acceptors (Lipinski definition) is 7. The number of hydrogen-bond donors (Lipinski definition) is 2. The lowest BCUT2D eigenvalue weighted by Gasteiger charge is -2.18. The van der Waals surface area contributed by atoms with Gasteiger partial charge in [0.15, 0.2) is 0 Å². The summed E-state index contributed by atoms with van der Waals surface area (Å²) in [5.41, 5.74) is 0.245. The standard InChI is InChI=1S/C13H23N5O3/c1-5-7-10(8-21-4)16-12-11(18(19)20)9(3)15-13(17-12)14-6-2/h10H,5-8H2,1-4H3,(H2,14,15,16,17). The number of ether oxygens (including phenoxy) is 1. The predicted molar refractivity (Wildman–Crippen MR) is 81.8 cm³/mol. The number of methoxy groups -OCH3 is 1. The van der Waals surface area contributed by atoms with Crippen molar-refractivity contribution in [1.29, 1.82) is 0 Å². The van der Waals surface area contributed by atoms with E-state index in [0.29, 0.717) is 24.8 Å². The van der Waals surface area contributed by atoms with Gasteiger partial charge in [0.1, 0.15) is 5.69 Å². The summed E-state index contributed by atoms with van der Waals surface area (Å²) >= 11 is 0. The van der Waals surface area contributed by atoms with Gasteiger partial charge in [-0.1, -0.05) is 13.3 Å². The molecule has 1 atom stereocenters. The Morgan fingerprint density at radius 2 is 2.10 bits per heavy atom. The topological polar surface area (TPSA) is 102 Å². The van der Waals surface area contributed by atoms with Crippen molar-refractivity contribution in [2.45, 2.75) is 39.7 Å². The highest BCUT2D eigenvalue weighted by atomic mass is 16.6. The molecule has 0 bridgehead atoms. The molecule has 0 amide bonds. The van der Waals surface area contributed by atoms with Crippen LogP contribution >= 0.6 is 0 Å². The molecule has 2 N–H and O–H groups in total. The second kappa shape index (κ2) is 8.35. The second-order valence-corrected chi connectivity index (χ2v) is 4.70. The Hall–Kier alpha value is -1.96. The summed E-state index contributed by atoms with van der Waals surface area (Å²) in [7, 11) is 1.61. The van der Waals surface area contributed by atoms with Crippen molar-refractivity contribution in [3.63, 3.8) is 0 Å². The molecule has 1 rings (SSSR count). The van der Waals surface area contributed by atoms with Crippen LogP contribution in [0.5, 0.6) is 0 Å². The van der Waals surface area contributed by atoms with Crippen molar-refractivity contribution in [1.82, 2.24) is 9.97 Å². The minimum atomic E-state index is -0.455. The minimum absolute atomic E-state index is 0.0255. The fourth-order valence-corrected chi connectivity index (χ4v) is 2.06. The molecule has 118 valence electrons. The molecule has 0 aromatic carbocycles. The maximum Gasteiger partial charge on any atom is 0.332 e. The monoisotopic (exact) mass is 297 g/mol. The highest BCUT2D eigenvalue weighted by Crippen LogP contribution is 2.27. The number of nitro groups is 1. The van der Waals surface area contributed by atoms with Crippen LogP contribution in [0.25, 0.3) is 0 Å². The van der Waals surface area contributed by atoms with Gasteiger partial charge in [-0.05, 0) is 20.3 Å². The van der Waals surface area contributed by atoms with Gasteiger partial charge in [0.2, 0.25) is 11.8 Å². The van der Waals surface area contributed by atoms with Crippen molar-refractivity contribution in [3.05, 3.63) is 15.8 Å². The van der Waals surface area contributed by atoms with E-state index in [1.54, 1.807) is 14.0 Å². The summed E-state index contributed by atoms with van der Waals surface area (Å²) in [4.78, 5) is 19.1. The maximum atomic E-state index is 11.2. The third kappa shape index (κ3) is 4.82. The molecule has 21 heavy (non-hydrogen) atoms. The largest absolute Gasteiger partial charge is 0.383 e. The van der Waals surface area contributed by atoms with Crippen LogP contribution in [0.3, 0.4) is 0 Å². The summed E-state index contributed by atoms with van der Waals surface area (Å²) in [6.07, 6.45) is 1.78. The van der Waals surface area contributed by atoms with E-state index in [4.69, 9.17) is 4.74 Å². The molecular weight excluding hydrogens is 274 g/mol. The SMILES string of the molecule is CCCC(COC)Nc1nc(NCC)nc(C)c1[N+](=O)[O-]. The van der Waals surface area contributed by atoms with Crippen molar-refractivity contribution < 1.29 is 9.66 Å². The Kier molecular flexibility index (Phi) is 6.80. The third-order valence-corrected chi connectivity index (χ3v) is 2.92. The number of nitrogens with one attached hydrogen (secondary N) is 2. The van der Waals surface area contributed by atoms with E-state index < -0.39 is 4.92 Å². The van der Waals surface area contributed by atoms with Gasteiger partial charge in [-0.15, -0.1) is 0 Å². The minimum Gasteiger partial charge on any atom is -0.383 e. The summed E-state index contributed by atoms with van der Waals surface area (Å²) in [5, 5.41) is 17.3. The summed E-state index contributed by atoms with van der Waals surface area (Å²) in [5.74, 6) is 0.620. The third-order valence-electron chi connectivity index (χ3n) is 2.92. The molecule has 1 aromatic heterocycles. The summed E-state index contributed by atoms with van der Waals surface area (Å²) in [6, 6.07) is -0.0255. The molecule has 8 nitrogen and oxygen atoms in total. The van der Waals surface area contributed by atoms with E-state index in [1.165, 1.54) is 0 Å². The average Bonchev–Trinajstić information content (AvgIpc) is 2.38. The highest BCUT2D eigenvalue weighted by Gasteiger charge is 2.24. The lowest BCUT2D eigenvalue weighted by Crippen LogP contribution is -2.26. The average molecular weight is 297 g/mol. The van der Waals surface area contributed by atoms with Crippen molar-refractivity contribution in [3.8, 4) is 0 Å². The maximum absolute atomic E-state index is 11.2. The molecule has 0 aliphatic rings. The number of anilines is 2. The number of aromatic nitrogens is 2. The van der Waals surface area contributed by atoms with Gasteiger partial charge >= 0.3 is 5.69 Å². The lowest BCUT2D eigenvalue weighted by atomic mass is 10.2. The lowest BCUT2D eigenvalue weighted by molar-refractivity contribution is -0.385. The van der Waals surface area contributed by atoms with Crippen LogP contribution in [0, 0.1) is 17.0 Å². The number of nitrogens with zero attached hydrogens (tertiary/aromatic N) is 3. The van der Waals surface area contributed by atoms with Crippen LogP contribution in [-0.4, -0.2) is 41.2 Å². The Balaban J connectivity index is 3.13. The fourth-order valence-electron chi connectivity index (χ4n) is 2.06. The van der Waals surface area contributed by atoms with Crippen LogP contribution in [0.4, 0.5) is 17.5 Å². The molecule has 0 aliphatic heterocycles. The first-order valence-electron chi connectivity index (χ1n) is 7.05. The van der Waals surface area contributed by atoms with E-state index in [9.17, 15) is 10.1 Å². The quantitative estimate of drug-likeness (QED) is 0.532. The molecule has 1 unspecified atom stereocenters. The molecule has 0 saturated carbocycles. The highest BCUT2D eigenvalue weighted by molar-refractivity contribution is 5.61. The molecule has 1 aromatic rings. The zero-order valence-electron chi connectivity index (χ0n) is 13.0. The molecule has 0 radical (unpaired) electrons. The fraction of sp³-hybridized carbons (Fsp3) is 0.692. The van der Waals surface area contributed by atoms with Gasteiger partial charge in [-0.25, -0.2) is 4.98 Å². The van der Waals surface area contributed by atoms with Gasteiger partial charge in [-0.3, -0.25) is 10.1 Å². The molecule has 1 heterocycles. The van der Waals surface area contributed by atoms with Crippen molar-refractivity contribution in [2.24, 2.45) is 0 Å². The van der Waals surface area contributed by atoms with Crippen LogP contribution in [0.1, 0.15) is 32.4 Å². The molecule has 0 fully saturated rings. The van der Waals surface area contributed by atoms with Gasteiger partial charge in [0.25, 0.3) is 0 Å². The Labute approximate surface area is 124 Å². The van der Waals surface area contributed by atoms with Crippen LogP contribution in [0.15, 0.2) is 0 Å². The predicted octanol–water partition coefficient (Wildman–Crippen LogP) is 2.35. The van der Waals surface area contributed by atoms with Crippen LogP contribution < -0.4 is 10.6 Å². The zero-order chi connectivity index (χ0) is 15.8. The van der Waals surface area contributed by atoms with Gasteiger partial charge in [0, 0.05) is 13.7 Å². The number of aryl methyl sites for hydroxylation is 1. The van der Waals surface area contributed by atoms with E-state index in [1.807, 2.05) is 13.8 Å². The first-order chi connectivity index (χ1) is 10.0. The molecule has 0 saturated heterocycles. The number of rotatable bonds is 9. The Morgan fingerprint density at radius 1 is 1.38 bits per heavy atom. The van der Waals surface area contributed by atoms with E-state index in [-0.39, 0.29) is 17.5 Å². The molecule has 0 spiro atoms. The van der Waals surface area contributed by atoms with Gasteiger partial charge in [-0.2, -0.15) is 4.98 Å². The van der Waals surface area contributed by atoms with E-state index in [2.05, 4.69) is 20.6 Å². The van der Waals surface area contributed by atoms with Gasteiger partial charge in [0.05, 0.1) is 17.6 Å². The Bertz CT molecular complexity index is 475. The first-order valence-corrected chi connectivity index (χ1v) is 7.05. The van der Waals surface area contributed by atoms with Gasteiger partial charge < -0.3 is 15.4 Å². The molecule has 8 heteroatoms.